The van der Waals surface area contributed by atoms with E-state index in [9.17, 15) is 4.79 Å². The van der Waals surface area contributed by atoms with Crippen LogP contribution in [0.15, 0.2) is 24.3 Å². The summed E-state index contributed by atoms with van der Waals surface area (Å²) in [5.41, 5.74) is 1.98. The van der Waals surface area contributed by atoms with Crippen LogP contribution in [-0.2, 0) is 11.3 Å². The van der Waals surface area contributed by atoms with Crippen LogP contribution >= 0.6 is 22.7 Å². The fourth-order valence-electron chi connectivity index (χ4n) is 2.20. The molecule has 0 unspecified atom stereocenters. The monoisotopic (exact) mass is 346 g/mol. The smallest absolute Gasteiger partial charge is 0.240 e. The molecule has 2 heterocycles. The Bertz CT molecular complexity index is 787. The number of hydrogen-bond donors (Lipinski definition) is 1. The molecule has 7 heteroatoms. The molecule has 0 radical (unpaired) electrons. The van der Waals surface area contributed by atoms with E-state index in [0.717, 1.165) is 21.1 Å². The van der Waals surface area contributed by atoms with E-state index in [-0.39, 0.29) is 5.91 Å². The van der Waals surface area contributed by atoms with Crippen molar-refractivity contribution in [3.05, 3.63) is 39.8 Å². The average Bonchev–Trinajstić information content (AvgIpc) is 3.01. The van der Waals surface area contributed by atoms with Crippen LogP contribution in [0.1, 0.15) is 15.6 Å². The molecule has 23 heavy (non-hydrogen) atoms. The van der Waals surface area contributed by atoms with Gasteiger partial charge < -0.3 is 5.32 Å². The quantitative estimate of drug-likeness (QED) is 0.769. The normalized spacial score (nSPS) is 11.3. The van der Waals surface area contributed by atoms with Crippen molar-refractivity contribution in [3.8, 4) is 0 Å². The predicted octanol–water partition coefficient (Wildman–Crippen LogP) is 3.44. The number of nitrogens with one attached hydrogen (secondary N) is 1. The zero-order valence-electron chi connectivity index (χ0n) is 13.3. The maximum absolute atomic E-state index is 12.1. The summed E-state index contributed by atoms with van der Waals surface area (Å²) in [7, 11) is 1.92. The molecular weight excluding hydrogens is 328 g/mol. The van der Waals surface area contributed by atoms with E-state index in [1.807, 2.05) is 44.0 Å². The van der Waals surface area contributed by atoms with Crippen LogP contribution in [0.2, 0.25) is 0 Å². The van der Waals surface area contributed by atoms with Gasteiger partial charge in [0.05, 0.1) is 29.0 Å². The molecule has 0 atom stereocenters. The third-order valence-corrected chi connectivity index (χ3v) is 5.44. The summed E-state index contributed by atoms with van der Waals surface area (Å²) in [5.74, 6) is -0.0534. The lowest BCUT2D eigenvalue weighted by molar-refractivity contribution is -0.117. The molecule has 0 aliphatic carbocycles. The van der Waals surface area contributed by atoms with Gasteiger partial charge in [-0.2, -0.15) is 0 Å². The second kappa shape index (κ2) is 6.74. The van der Waals surface area contributed by atoms with Crippen molar-refractivity contribution in [2.45, 2.75) is 20.4 Å². The van der Waals surface area contributed by atoms with E-state index < -0.39 is 0 Å². The summed E-state index contributed by atoms with van der Waals surface area (Å²) in [5, 5.41) is 4.54. The van der Waals surface area contributed by atoms with Gasteiger partial charge in [0.15, 0.2) is 5.13 Å². The van der Waals surface area contributed by atoms with Crippen LogP contribution in [0.3, 0.4) is 0 Å². The van der Waals surface area contributed by atoms with Crippen molar-refractivity contribution < 1.29 is 4.79 Å². The SMILES string of the molecule is Cc1nc(NC(=O)CN(C)Cc2nc3ccccc3s2)sc1C. The molecule has 1 amide bonds. The highest BCUT2D eigenvalue weighted by Crippen LogP contribution is 2.23. The molecule has 0 saturated heterocycles. The first-order valence-electron chi connectivity index (χ1n) is 7.28. The summed E-state index contributed by atoms with van der Waals surface area (Å²) in [6, 6.07) is 8.08. The number of anilines is 1. The summed E-state index contributed by atoms with van der Waals surface area (Å²) in [4.78, 5) is 24.1. The molecule has 0 fully saturated rings. The van der Waals surface area contributed by atoms with Gasteiger partial charge in [-0.1, -0.05) is 12.1 Å². The minimum atomic E-state index is -0.0534. The number of fused-ring (bicyclic) bond motifs is 1. The van der Waals surface area contributed by atoms with Crippen LogP contribution in [-0.4, -0.2) is 34.4 Å². The van der Waals surface area contributed by atoms with Gasteiger partial charge in [0.1, 0.15) is 5.01 Å². The number of nitrogens with zero attached hydrogens (tertiary/aromatic N) is 3. The van der Waals surface area contributed by atoms with Gasteiger partial charge in [-0.05, 0) is 33.0 Å². The Morgan fingerprint density at radius 1 is 1.22 bits per heavy atom. The van der Waals surface area contributed by atoms with Gasteiger partial charge in [-0.25, -0.2) is 9.97 Å². The number of likely N-dealkylation sites (N-methyl/N-ethyl adjacent to an activating group) is 1. The van der Waals surface area contributed by atoms with E-state index in [4.69, 9.17) is 0 Å². The predicted molar refractivity (Wildman–Crippen MR) is 96.2 cm³/mol. The van der Waals surface area contributed by atoms with Crippen molar-refractivity contribution >= 4 is 43.9 Å². The Morgan fingerprint density at radius 3 is 2.70 bits per heavy atom. The first kappa shape index (κ1) is 16.0. The van der Waals surface area contributed by atoms with Crippen molar-refractivity contribution in [2.75, 3.05) is 18.9 Å². The standard InChI is InChI=1S/C16H18N4OS2/c1-10-11(2)22-16(17-10)19-14(21)8-20(3)9-15-18-12-6-4-5-7-13(12)23-15/h4-7H,8-9H2,1-3H3,(H,17,19,21). The minimum absolute atomic E-state index is 0.0534. The Kier molecular flexibility index (Phi) is 4.70. The van der Waals surface area contributed by atoms with Gasteiger partial charge in [-0.3, -0.25) is 9.69 Å². The number of aromatic nitrogens is 2. The zero-order chi connectivity index (χ0) is 16.4. The van der Waals surface area contributed by atoms with Gasteiger partial charge >= 0.3 is 0 Å². The topological polar surface area (TPSA) is 58.1 Å². The molecule has 2 aromatic heterocycles. The Hall–Kier alpha value is -1.83. The second-order valence-corrected chi connectivity index (χ2v) is 7.77. The first-order valence-corrected chi connectivity index (χ1v) is 8.91. The first-order chi connectivity index (χ1) is 11.0. The minimum Gasteiger partial charge on any atom is -0.301 e. The molecule has 120 valence electrons. The average molecular weight is 346 g/mol. The van der Waals surface area contributed by atoms with E-state index in [1.165, 1.54) is 16.0 Å². The number of rotatable bonds is 5. The summed E-state index contributed by atoms with van der Waals surface area (Å²) >= 11 is 3.17. The van der Waals surface area contributed by atoms with Crippen LogP contribution in [0.25, 0.3) is 10.2 Å². The summed E-state index contributed by atoms with van der Waals surface area (Å²) in [6.07, 6.45) is 0. The lowest BCUT2D eigenvalue weighted by Crippen LogP contribution is -2.29. The fraction of sp³-hybridized carbons (Fsp3) is 0.312. The highest BCUT2D eigenvalue weighted by atomic mass is 32.1. The molecule has 0 aliphatic heterocycles. The van der Waals surface area contributed by atoms with Crippen LogP contribution in [0.4, 0.5) is 5.13 Å². The van der Waals surface area contributed by atoms with Crippen LogP contribution < -0.4 is 5.32 Å². The van der Waals surface area contributed by atoms with Crippen molar-refractivity contribution in [3.63, 3.8) is 0 Å². The van der Waals surface area contributed by atoms with E-state index in [1.54, 1.807) is 11.3 Å². The molecule has 1 N–H and O–H groups in total. The number of carbonyl (C=O) groups excluding carboxylic acids is 1. The Morgan fingerprint density at radius 2 is 2.00 bits per heavy atom. The lowest BCUT2D eigenvalue weighted by Gasteiger charge is -2.13. The molecule has 0 saturated carbocycles. The molecule has 3 rings (SSSR count). The number of thiazole rings is 2. The van der Waals surface area contributed by atoms with Crippen LogP contribution in [0.5, 0.6) is 0 Å². The summed E-state index contributed by atoms with van der Waals surface area (Å²) < 4.78 is 1.18. The molecule has 0 spiro atoms. The fourth-order valence-corrected chi connectivity index (χ4v) is 4.08. The molecular formula is C16H18N4OS2. The highest BCUT2D eigenvalue weighted by molar-refractivity contribution is 7.18. The maximum atomic E-state index is 12.1. The van der Waals surface area contributed by atoms with Gasteiger partial charge in [0.2, 0.25) is 5.91 Å². The van der Waals surface area contributed by atoms with Gasteiger partial charge in [0.25, 0.3) is 0 Å². The van der Waals surface area contributed by atoms with Crippen molar-refractivity contribution in [2.24, 2.45) is 0 Å². The van der Waals surface area contributed by atoms with Crippen molar-refractivity contribution in [1.82, 2.24) is 14.9 Å². The maximum Gasteiger partial charge on any atom is 0.240 e. The molecule has 1 aromatic carbocycles. The van der Waals surface area contributed by atoms with Crippen LogP contribution in [0, 0.1) is 13.8 Å². The zero-order valence-corrected chi connectivity index (χ0v) is 14.9. The number of benzene rings is 1. The molecule has 0 bridgehead atoms. The van der Waals surface area contributed by atoms with Gasteiger partial charge in [0, 0.05) is 4.88 Å². The van der Waals surface area contributed by atoms with Crippen molar-refractivity contribution in [1.29, 1.82) is 0 Å². The van der Waals surface area contributed by atoms with Gasteiger partial charge in [-0.15, -0.1) is 22.7 Å². The lowest BCUT2D eigenvalue weighted by atomic mass is 10.3. The highest BCUT2D eigenvalue weighted by Gasteiger charge is 2.12. The van der Waals surface area contributed by atoms with E-state index in [2.05, 4.69) is 21.4 Å². The Labute approximate surface area is 143 Å². The second-order valence-electron chi connectivity index (χ2n) is 5.46. The van der Waals surface area contributed by atoms with E-state index in [0.29, 0.717) is 18.2 Å². The molecule has 0 aliphatic rings. The molecule has 3 aromatic rings. The number of amides is 1. The summed E-state index contributed by atoms with van der Waals surface area (Å²) in [6.45, 7) is 4.92. The molecule has 5 nitrogen and oxygen atoms in total. The number of hydrogen-bond acceptors (Lipinski definition) is 6. The third-order valence-electron chi connectivity index (χ3n) is 3.43. The number of carbonyl (C=O) groups is 1. The largest absolute Gasteiger partial charge is 0.301 e. The third kappa shape index (κ3) is 3.93. The Balaban J connectivity index is 1.57. The van der Waals surface area contributed by atoms with E-state index >= 15 is 0 Å². The number of aryl methyl sites for hydroxylation is 2. The number of para-hydroxylation sites is 1.